The minimum Gasteiger partial charge on any atom is -0.444 e. The van der Waals surface area contributed by atoms with E-state index in [1.54, 1.807) is 127 Å². The molecule has 13 aromatic rings. The highest BCUT2D eigenvalue weighted by Crippen LogP contribution is 2.45. The maximum Gasteiger partial charge on any atom is 0.414 e. The van der Waals surface area contributed by atoms with E-state index in [-0.39, 0.29) is 81.2 Å². The first-order valence-electron chi connectivity index (χ1n) is 47.9. The van der Waals surface area contributed by atoms with E-state index in [9.17, 15) is 66.1 Å². The largest absolute Gasteiger partial charge is 0.444 e. The van der Waals surface area contributed by atoms with E-state index in [1.807, 2.05) is 153 Å². The van der Waals surface area contributed by atoms with E-state index in [2.05, 4.69) is 0 Å². The standard InChI is InChI=1S/2C23H21ClN2O4S.C22H20Cl2N2O4S2.C20H21ClN2O4S.C17H18N2O4S2/c24-18-8-9-21-17(14-18)15-30-23(27)26(21)19-10-12-25(13-11-19)31(28,29)22-7-3-5-16-4-1-2-6-20(16)22;24-19-6-8-22-18(13-19)15-30-23(27)26(22)20-9-11-25(12-10-20)31(28,29)21-7-5-16-3-1-2-4-17(16)14-21;1-13-18-11-16(24)3-5-20(18)31-21(13)32(28,29)25-8-6-17(7-9-25)26-19-4-2-15(23)10-14(19)12-30-22(26)27;21-17-6-7-19-16(12-17)13-27-20(24)23(19)18-8-10-22(11-9-18)28(25,26)14-15-4-2-1-3-5-15;20-17-19(15-5-2-1-4-13(15)12-23-17)14-7-9-18(10-8-14)25(21,22)16-6-3-11-24-16/h1-9,14,19H,10-13,15H2;1-8,13-14,20H,9-12,15H2;2-5,10-11,17H,6-9,12H2,1H3;1-7,12,18H,8-11,13-14H2;1-6,11,14H,7-10,12H2. The molecule has 30 nitrogen and oxygen atoms in total. The van der Waals surface area contributed by atoms with Crippen molar-refractivity contribution in [3.8, 4) is 0 Å². The molecule has 0 saturated carbocycles. The molecule has 0 N–H and O–H groups in total. The van der Waals surface area contributed by atoms with Gasteiger partial charge in [-0.15, -0.1) is 22.7 Å². The van der Waals surface area contributed by atoms with Gasteiger partial charge in [0.25, 0.3) is 20.0 Å². The van der Waals surface area contributed by atoms with Gasteiger partial charge in [0.2, 0.25) is 30.1 Å². The van der Waals surface area contributed by atoms with Crippen LogP contribution < -0.4 is 24.5 Å². The Morgan fingerprint density at radius 2 is 0.667 bits per heavy atom. The Bertz CT molecular complexity index is 7810. The van der Waals surface area contributed by atoms with E-state index in [4.69, 9.17) is 81.7 Å². The first kappa shape index (κ1) is 104. The Morgan fingerprint density at radius 1 is 0.306 bits per heavy atom. The van der Waals surface area contributed by atoms with E-state index in [0.717, 1.165) is 99.0 Å². The Kier molecular flexibility index (Phi) is 31.4. The molecule has 147 heavy (non-hydrogen) atoms. The number of ether oxygens (including phenoxy) is 5. The quantitative estimate of drug-likeness (QED) is 0.0811. The number of halogens is 5. The predicted octanol–water partition coefficient (Wildman–Crippen LogP) is 22.3. The fourth-order valence-corrected chi connectivity index (χ4v) is 32.1. The van der Waals surface area contributed by atoms with Crippen molar-refractivity contribution < 1.29 is 89.7 Å². The SMILES string of the molecule is Cc1c(S(=O)(=O)N2CCC(N3C(=O)OCc4cc(Cl)ccc43)CC2)sc2ccc(Cl)cc12.O=C1OCc2cc(Cl)ccc2N1C1CCN(S(=O)(=O)Cc2ccccc2)CC1.O=C1OCc2cc(Cl)ccc2N1C1CCN(S(=O)(=O)c2ccc3ccccc3c2)CC1.O=C1OCc2cc(Cl)ccc2N1C1CCN(S(=O)(=O)c2cccc3ccccc23)CC1.O=C1OCc2ccccc2N1C1CCN(S(=O)(=O)c2cccs2)CC1. The second kappa shape index (κ2) is 44.2. The summed E-state index contributed by atoms with van der Waals surface area (Å²) in [7, 11) is -17.7. The van der Waals surface area contributed by atoms with Crippen LogP contribution in [0.25, 0.3) is 31.6 Å². The molecule has 0 spiro atoms. The van der Waals surface area contributed by atoms with Crippen molar-refractivity contribution in [2.24, 2.45) is 0 Å². The number of aryl methyl sites for hydroxylation is 1. The van der Waals surface area contributed by atoms with Crippen LogP contribution in [0.1, 0.15) is 103 Å². The van der Waals surface area contributed by atoms with Gasteiger partial charge in [0, 0.05) is 159 Å². The molecule has 5 amide bonds. The molecular formula is C105H101Cl5N10O20S7. The number of thiophene rings is 2. The van der Waals surface area contributed by atoms with Crippen LogP contribution in [-0.2, 0) is 113 Å². The number of amides is 5. The van der Waals surface area contributed by atoms with Crippen molar-refractivity contribution in [3.63, 3.8) is 0 Å². The topological polar surface area (TPSA) is 335 Å². The molecule has 5 fully saturated rings. The summed E-state index contributed by atoms with van der Waals surface area (Å²) < 4.78 is 167. The van der Waals surface area contributed by atoms with Gasteiger partial charge in [0.05, 0.1) is 44.0 Å². The van der Waals surface area contributed by atoms with Gasteiger partial charge in [-0.3, -0.25) is 24.5 Å². The van der Waals surface area contributed by atoms with Crippen LogP contribution in [0.15, 0.2) is 266 Å². The molecule has 11 aromatic carbocycles. The van der Waals surface area contributed by atoms with Crippen LogP contribution in [0.3, 0.4) is 0 Å². The Hall–Kier alpha value is -11.1. The third kappa shape index (κ3) is 22.3. The number of carbonyl (C=O) groups excluding carboxylic acids is 5. The van der Waals surface area contributed by atoms with E-state index >= 15 is 0 Å². The highest BCUT2D eigenvalue weighted by molar-refractivity contribution is 7.92. The maximum absolute atomic E-state index is 13.4. The minimum absolute atomic E-state index is 0.00834. The van der Waals surface area contributed by atoms with Gasteiger partial charge >= 0.3 is 30.5 Å². The number of carbonyl (C=O) groups is 5. The summed E-state index contributed by atoms with van der Waals surface area (Å²) in [5.41, 5.74) is 9.95. The summed E-state index contributed by atoms with van der Waals surface area (Å²) in [6.07, 6.45) is 3.53. The molecule has 0 atom stereocenters. The highest BCUT2D eigenvalue weighted by Gasteiger charge is 2.45. The Labute approximate surface area is 885 Å². The summed E-state index contributed by atoms with van der Waals surface area (Å²) in [5, 5.41) is 9.08. The van der Waals surface area contributed by atoms with E-state index in [0.29, 0.717) is 173 Å². The lowest BCUT2D eigenvalue weighted by atomic mass is 10.0. The number of sulfonamides is 5. The molecule has 10 aliphatic heterocycles. The van der Waals surface area contributed by atoms with Crippen molar-refractivity contribution in [2.75, 3.05) is 89.9 Å². The number of cyclic esters (lactones) is 5. The molecule has 42 heteroatoms. The number of hydrogen-bond donors (Lipinski definition) is 0. The van der Waals surface area contributed by atoms with Crippen LogP contribution in [0.5, 0.6) is 0 Å². The lowest BCUT2D eigenvalue weighted by molar-refractivity contribution is 0.135. The zero-order chi connectivity index (χ0) is 103. The molecule has 0 unspecified atom stereocenters. The molecule has 2 aromatic heterocycles. The number of fused-ring (bicyclic) bond motifs is 8. The third-order valence-electron chi connectivity index (χ3n) is 28.0. The summed E-state index contributed by atoms with van der Waals surface area (Å²) in [4.78, 5) is 71.2. The second-order valence-corrected chi connectivity index (χ2v) is 51.1. The first-order chi connectivity index (χ1) is 70.6. The molecular weight excluding hydrogens is 2120 g/mol. The number of nitrogens with zero attached hydrogens (tertiary/aromatic N) is 10. The molecule has 23 rings (SSSR count). The molecule has 5 saturated heterocycles. The molecule has 0 bridgehead atoms. The van der Waals surface area contributed by atoms with Crippen molar-refractivity contribution >= 4 is 221 Å². The first-order valence-corrected chi connectivity index (χ1v) is 58.8. The Morgan fingerprint density at radius 3 is 1.12 bits per heavy atom. The van der Waals surface area contributed by atoms with Gasteiger partial charge in [0.15, 0.2) is 0 Å². The summed E-state index contributed by atoms with van der Waals surface area (Å²) >= 11 is 32.9. The Balaban J connectivity index is 0.000000116. The van der Waals surface area contributed by atoms with Gasteiger partial charge in [-0.1, -0.05) is 179 Å². The van der Waals surface area contributed by atoms with Gasteiger partial charge in [-0.25, -0.2) is 70.4 Å². The van der Waals surface area contributed by atoms with Gasteiger partial charge in [0.1, 0.15) is 41.5 Å². The number of para-hydroxylation sites is 1. The lowest BCUT2D eigenvalue weighted by Crippen LogP contribution is -2.50. The number of piperidine rings is 5. The van der Waals surface area contributed by atoms with Crippen LogP contribution in [0.2, 0.25) is 25.1 Å². The van der Waals surface area contributed by atoms with E-state index < -0.39 is 68.4 Å². The van der Waals surface area contributed by atoms with Crippen molar-refractivity contribution in [3.05, 3.63) is 312 Å². The smallest absolute Gasteiger partial charge is 0.414 e. The van der Waals surface area contributed by atoms with Gasteiger partial charge in [-0.2, -0.15) is 17.2 Å². The highest BCUT2D eigenvalue weighted by atomic mass is 35.5. The number of anilines is 5. The van der Waals surface area contributed by atoms with Crippen molar-refractivity contribution in [2.45, 2.75) is 158 Å². The lowest BCUT2D eigenvalue weighted by Gasteiger charge is -2.39. The molecule has 0 aliphatic carbocycles. The third-order valence-corrected chi connectivity index (χ3v) is 41.9. The zero-order valence-corrected chi connectivity index (χ0v) is 88.8. The maximum atomic E-state index is 13.4. The molecule has 10 aliphatic rings. The summed E-state index contributed by atoms with van der Waals surface area (Å²) in [6.45, 7) is 6.46. The van der Waals surface area contributed by atoms with Crippen LogP contribution in [0.4, 0.5) is 52.4 Å². The average Bonchev–Trinajstić information content (AvgIpc) is 1.62. The number of hydrogen-bond acceptors (Lipinski definition) is 22. The minimum atomic E-state index is -3.64. The molecule has 0 radical (unpaired) electrons. The van der Waals surface area contributed by atoms with E-state index in [1.165, 1.54) is 44.2 Å². The second-order valence-electron chi connectivity index (χ2n) is 36.8. The van der Waals surface area contributed by atoms with Crippen LogP contribution in [0, 0.1) is 6.92 Å². The fraction of sp³-hybridized carbons (Fsp3) is 0.305. The van der Waals surface area contributed by atoms with Crippen LogP contribution in [-0.4, -0.2) is 190 Å². The molecule has 768 valence electrons. The predicted molar refractivity (Wildman–Crippen MR) is 570 cm³/mol. The zero-order valence-electron chi connectivity index (χ0n) is 79.3. The van der Waals surface area contributed by atoms with Gasteiger partial charge in [-0.05, 0) is 231 Å². The number of rotatable bonds is 16. The monoisotopic (exact) mass is 2220 g/mol. The summed E-state index contributed by atoms with van der Waals surface area (Å²) in [5.74, 6) is -0.00834. The van der Waals surface area contributed by atoms with Gasteiger partial charge < -0.3 is 23.7 Å². The normalized spacial score (nSPS) is 18.4. The van der Waals surface area contributed by atoms with Crippen molar-refractivity contribution in [1.29, 1.82) is 0 Å². The van der Waals surface area contributed by atoms with Crippen LogP contribution >= 0.6 is 80.7 Å². The average molecular weight is 2220 g/mol. The number of benzene rings is 11. The summed E-state index contributed by atoms with van der Waals surface area (Å²) in [6, 6.07) is 72.4. The fourth-order valence-electron chi connectivity index (χ4n) is 20.5. The van der Waals surface area contributed by atoms with Crippen molar-refractivity contribution in [1.82, 2.24) is 21.5 Å². The molecule has 12 heterocycles.